The number of benzene rings is 1. The monoisotopic (exact) mass is 347 g/mol. The lowest BCUT2D eigenvalue weighted by molar-refractivity contribution is -0.131. The van der Waals surface area contributed by atoms with Crippen molar-refractivity contribution in [3.05, 3.63) is 34.8 Å². The Labute approximate surface area is 144 Å². The highest BCUT2D eigenvalue weighted by molar-refractivity contribution is 5.80. The summed E-state index contributed by atoms with van der Waals surface area (Å²) in [5.74, 6) is -0.734. The molecule has 4 rings (SSSR count). The van der Waals surface area contributed by atoms with Crippen molar-refractivity contribution in [2.45, 2.75) is 18.7 Å². The van der Waals surface area contributed by atoms with Gasteiger partial charge in [0.2, 0.25) is 5.91 Å². The number of nitrogens with zero attached hydrogens (tertiary/aromatic N) is 3. The number of likely N-dealkylation sites (tertiary alicyclic amines) is 1. The topological polar surface area (TPSA) is 88.2 Å². The zero-order valence-corrected chi connectivity index (χ0v) is 13.8. The number of rotatable bonds is 3. The lowest BCUT2D eigenvalue weighted by Gasteiger charge is -2.33. The highest BCUT2D eigenvalue weighted by Gasteiger charge is 2.38. The number of carbonyl (C=O) groups excluding carboxylic acids is 1. The first-order valence-corrected chi connectivity index (χ1v) is 8.49. The average molecular weight is 347 g/mol. The minimum atomic E-state index is -0.583. The number of hydrogen-bond acceptors (Lipinski definition) is 6. The zero-order valence-electron chi connectivity index (χ0n) is 13.8. The molecule has 8 heteroatoms. The first-order chi connectivity index (χ1) is 12.1. The lowest BCUT2D eigenvalue weighted by atomic mass is 10.2. The van der Waals surface area contributed by atoms with Gasteiger partial charge in [-0.25, -0.2) is 4.79 Å². The Balaban J connectivity index is 1.48. The molecule has 2 saturated heterocycles. The van der Waals surface area contributed by atoms with Crippen LogP contribution in [-0.4, -0.2) is 76.9 Å². The van der Waals surface area contributed by atoms with Gasteiger partial charge in [-0.2, -0.15) is 0 Å². The second-order valence-electron chi connectivity index (χ2n) is 6.50. The smallest absolute Gasteiger partial charge is 0.408 e. The standard InChI is InChI=1S/C17H21N3O5/c21-14-10-19(9-13(14)18-5-7-24-8-6-18)16(22)11-20-12-3-1-2-4-15(12)25-17(20)23/h1-4,13-14,21H,5-11H2/t13-,14-/m1/s1. The largest absolute Gasteiger partial charge is 0.420 e. The van der Waals surface area contributed by atoms with E-state index in [0.717, 1.165) is 13.1 Å². The summed E-state index contributed by atoms with van der Waals surface area (Å²) in [6.45, 7) is 3.47. The van der Waals surface area contributed by atoms with E-state index in [-0.39, 0.29) is 25.0 Å². The minimum absolute atomic E-state index is 0.0781. The van der Waals surface area contributed by atoms with E-state index in [1.54, 1.807) is 29.2 Å². The molecule has 1 N–H and O–H groups in total. The van der Waals surface area contributed by atoms with E-state index in [2.05, 4.69) is 4.90 Å². The van der Waals surface area contributed by atoms with Crippen molar-refractivity contribution in [2.75, 3.05) is 39.4 Å². The van der Waals surface area contributed by atoms with Crippen LogP contribution in [0.5, 0.6) is 0 Å². The molecule has 1 amide bonds. The molecular formula is C17H21N3O5. The van der Waals surface area contributed by atoms with Gasteiger partial charge >= 0.3 is 5.76 Å². The van der Waals surface area contributed by atoms with Crippen LogP contribution in [0, 0.1) is 0 Å². The molecule has 2 aromatic rings. The molecule has 25 heavy (non-hydrogen) atoms. The van der Waals surface area contributed by atoms with Gasteiger partial charge in [0.1, 0.15) is 6.54 Å². The van der Waals surface area contributed by atoms with Crippen molar-refractivity contribution in [2.24, 2.45) is 0 Å². The first kappa shape index (κ1) is 16.3. The second kappa shape index (κ2) is 6.62. The molecule has 8 nitrogen and oxygen atoms in total. The molecule has 0 bridgehead atoms. The molecule has 0 unspecified atom stereocenters. The fraction of sp³-hybridized carbons (Fsp3) is 0.529. The third-order valence-corrected chi connectivity index (χ3v) is 4.99. The quantitative estimate of drug-likeness (QED) is 0.805. The number of para-hydroxylation sites is 2. The van der Waals surface area contributed by atoms with E-state index < -0.39 is 11.9 Å². The van der Waals surface area contributed by atoms with Gasteiger partial charge in [0.15, 0.2) is 5.58 Å². The number of oxazole rings is 1. The Morgan fingerprint density at radius 1 is 1.20 bits per heavy atom. The van der Waals surface area contributed by atoms with Crippen molar-refractivity contribution in [1.82, 2.24) is 14.4 Å². The molecule has 2 fully saturated rings. The van der Waals surface area contributed by atoms with E-state index in [9.17, 15) is 14.7 Å². The molecule has 2 aliphatic heterocycles. The maximum absolute atomic E-state index is 12.7. The SMILES string of the molecule is O=C(Cn1c(=O)oc2ccccc21)N1C[C@@H](O)[C@H](N2CCOCC2)C1. The summed E-state index contributed by atoms with van der Waals surface area (Å²) < 4.78 is 11.8. The predicted octanol–water partition coefficient (Wildman–Crippen LogP) is -0.502. The number of aromatic nitrogens is 1. The van der Waals surface area contributed by atoms with Gasteiger partial charge in [0, 0.05) is 26.2 Å². The van der Waals surface area contributed by atoms with Crippen molar-refractivity contribution < 1.29 is 19.1 Å². The maximum Gasteiger partial charge on any atom is 0.420 e. The molecule has 134 valence electrons. The second-order valence-corrected chi connectivity index (χ2v) is 6.50. The van der Waals surface area contributed by atoms with Crippen LogP contribution >= 0.6 is 0 Å². The van der Waals surface area contributed by atoms with Crippen molar-refractivity contribution >= 4 is 17.0 Å². The van der Waals surface area contributed by atoms with Gasteiger partial charge in [-0.15, -0.1) is 0 Å². The summed E-state index contributed by atoms with van der Waals surface area (Å²) in [7, 11) is 0. The normalized spacial score (nSPS) is 24.9. The van der Waals surface area contributed by atoms with Crippen LogP contribution in [0.25, 0.3) is 11.1 Å². The molecule has 3 heterocycles. The van der Waals surface area contributed by atoms with Crippen LogP contribution in [0.2, 0.25) is 0 Å². The average Bonchev–Trinajstić information content (AvgIpc) is 3.16. The number of ether oxygens (including phenoxy) is 1. The highest BCUT2D eigenvalue weighted by atomic mass is 16.5. The van der Waals surface area contributed by atoms with Crippen LogP contribution in [0.15, 0.2) is 33.5 Å². The van der Waals surface area contributed by atoms with E-state index in [0.29, 0.717) is 30.9 Å². The molecule has 0 saturated carbocycles. The highest BCUT2D eigenvalue weighted by Crippen LogP contribution is 2.19. The summed E-state index contributed by atoms with van der Waals surface area (Å²) in [6, 6.07) is 6.95. The summed E-state index contributed by atoms with van der Waals surface area (Å²) >= 11 is 0. The first-order valence-electron chi connectivity index (χ1n) is 8.49. The van der Waals surface area contributed by atoms with E-state index in [1.165, 1.54) is 4.57 Å². The number of morpholine rings is 1. The van der Waals surface area contributed by atoms with Crippen LogP contribution in [0.1, 0.15) is 0 Å². The zero-order chi connectivity index (χ0) is 17.4. The third-order valence-electron chi connectivity index (χ3n) is 4.99. The van der Waals surface area contributed by atoms with Gasteiger partial charge in [0.25, 0.3) is 0 Å². The summed E-state index contributed by atoms with van der Waals surface area (Å²) in [4.78, 5) is 28.5. The predicted molar refractivity (Wildman–Crippen MR) is 89.2 cm³/mol. The maximum atomic E-state index is 12.7. The van der Waals surface area contributed by atoms with Gasteiger partial charge in [-0.05, 0) is 12.1 Å². The molecule has 2 aliphatic rings. The Hall–Kier alpha value is -2.16. The van der Waals surface area contributed by atoms with E-state index >= 15 is 0 Å². The van der Waals surface area contributed by atoms with E-state index in [4.69, 9.17) is 9.15 Å². The number of carbonyl (C=O) groups is 1. The van der Waals surface area contributed by atoms with Crippen LogP contribution in [-0.2, 0) is 16.1 Å². The van der Waals surface area contributed by atoms with Gasteiger partial charge in [-0.3, -0.25) is 14.3 Å². The Bertz CT molecular complexity index is 823. The third kappa shape index (κ3) is 3.08. The van der Waals surface area contributed by atoms with Crippen LogP contribution in [0.4, 0.5) is 0 Å². The molecule has 0 radical (unpaired) electrons. The van der Waals surface area contributed by atoms with Gasteiger partial charge in [0.05, 0.1) is 30.9 Å². The number of amides is 1. The van der Waals surface area contributed by atoms with Gasteiger partial charge in [-0.1, -0.05) is 12.1 Å². The molecule has 0 aliphatic carbocycles. The number of β-amino-alcohol motifs (C(OH)–C–C–N with tert-alkyl or cyclic N) is 1. The summed E-state index contributed by atoms with van der Waals surface area (Å²) in [5, 5.41) is 10.3. The molecule has 1 aromatic carbocycles. The van der Waals surface area contributed by atoms with E-state index in [1.807, 2.05) is 0 Å². The molecular weight excluding hydrogens is 326 g/mol. The van der Waals surface area contributed by atoms with Crippen LogP contribution in [0.3, 0.4) is 0 Å². The van der Waals surface area contributed by atoms with Crippen molar-refractivity contribution in [1.29, 1.82) is 0 Å². The molecule has 2 atom stereocenters. The van der Waals surface area contributed by atoms with Crippen LogP contribution < -0.4 is 5.76 Å². The number of hydrogen-bond donors (Lipinski definition) is 1. The Kier molecular flexibility index (Phi) is 4.32. The Morgan fingerprint density at radius 2 is 1.96 bits per heavy atom. The molecule has 0 spiro atoms. The summed E-state index contributed by atoms with van der Waals surface area (Å²) in [5.41, 5.74) is 1.07. The Morgan fingerprint density at radius 3 is 2.76 bits per heavy atom. The fourth-order valence-corrected chi connectivity index (χ4v) is 3.64. The summed E-state index contributed by atoms with van der Waals surface area (Å²) in [6.07, 6.45) is -0.583. The fourth-order valence-electron chi connectivity index (χ4n) is 3.64. The minimum Gasteiger partial charge on any atom is -0.408 e. The number of fused-ring (bicyclic) bond motifs is 1. The van der Waals surface area contributed by atoms with Crippen molar-refractivity contribution in [3.8, 4) is 0 Å². The number of aliphatic hydroxyl groups is 1. The number of aliphatic hydroxyl groups excluding tert-OH is 1. The molecule has 1 aromatic heterocycles. The van der Waals surface area contributed by atoms with Crippen molar-refractivity contribution in [3.63, 3.8) is 0 Å². The lowest BCUT2D eigenvalue weighted by Crippen LogP contribution is -2.49. The van der Waals surface area contributed by atoms with Gasteiger partial charge < -0.3 is 19.2 Å².